The quantitative estimate of drug-likeness (QED) is 0.514. The number of nitrogens with one attached hydrogen (secondary N) is 3. The fourth-order valence-electron chi connectivity index (χ4n) is 2.92. The van der Waals surface area contributed by atoms with Gasteiger partial charge in [-0.2, -0.15) is 0 Å². The Balaban J connectivity index is 1.73. The van der Waals surface area contributed by atoms with E-state index < -0.39 is 6.03 Å². The van der Waals surface area contributed by atoms with Gasteiger partial charge in [-0.1, -0.05) is 25.5 Å². The molecule has 0 aliphatic heterocycles. The van der Waals surface area contributed by atoms with Crippen molar-refractivity contribution in [2.45, 2.75) is 33.2 Å². The molecule has 2 aromatic carbocycles. The van der Waals surface area contributed by atoms with Crippen LogP contribution in [0.1, 0.15) is 30.9 Å². The van der Waals surface area contributed by atoms with Gasteiger partial charge in [0, 0.05) is 23.2 Å². The summed E-state index contributed by atoms with van der Waals surface area (Å²) >= 11 is 0. The van der Waals surface area contributed by atoms with Gasteiger partial charge >= 0.3 is 6.03 Å². The first-order valence-corrected chi connectivity index (χ1v) is 9.56. The molecule has 0 unspecified atom stereocenters. The second-order valence-corrected chi connectivity index (χ2v) is 6.82. The summed E-state index contributed by atoms with van der Waals surface area (Å²) in [5.74, 6) is 0.300. The van der Waals surface area contributed by atoms with E-state index in [0.717, 1.165) is 23.8 Å². The number of ether oxygens (including phenoxy) is 1. The molecule has 29 heavy (non-hydrogen) atoms. The zero-order chi connectivity index (χ0) is 20.8. The molecule has 0 bridgehead atoms. The predicted octanol–water partition coefficient (Wildman–Crippen LogP) is 4.48. The van der Waals surface area contributed by atoms with Crippen LogP contribution in [0.15, 0.2) is 47.3 Å². The van der Waals surface area contributed by atoms with Crippen molar-refractivity contribution in [2.75, 3.05) is 11.9 Å². The second kappa shape index (κ2) is 9.23. The number of halogens is 1. The van der Waals surface area contributed by atoms with E-state index in [0.29, 0.717) is 29.1 Å². The van der Waals surface area contributed by atoms with Gasteiger partial charge in [-0.15, -0.1) is 0 Å². The van der Waals surface area contributed by atoms with E-state index in [9.17, 15) is 14.0 Å². The number of urea groups is 1. The zero-order valence-electron chi connectivity index (χ0n) is 16.5. The molecule has 3 rings (SSSR count). The molecule has 0 fully saturated rings. The fraction of sp³-hybridized carbons (Fsp3) is 0.273. The minimum atomic E-state index is -0.483. The van der Waals surface area contributed by atoms with Crippen molar-refractivity contribution in [1.82, 2.24) is 10.3 Å². The minimum absolute atomic E-state index is 0.0538. The third kappa shape index (κ3) is 5.13. The summed E-state index contributed by atoms with van der Waals surface area (Å²) in [6, 6.07) is 10.6. The number of carbonyl (C=O) groups is 1. The van der Waals surface area contributed by atoms with Crippen molar-refractivity contribution in [3.63, 3.8) is 0 Å². The van der Waals surface area contributed by atoms with Crippen LogP contribution in [-0.4, -0.2) is 17.6 Å². The maximum atomic E-state index is 12.9. The lowest BCUT2D eigenvalue weighted by Crippen LogP contribution is -2.30. The number of H-pyrrole nitrogens is 1. The van der Waals surface area contributed by atoms with Crippen LogP contribution in [0.5, 0.6) is 5.75 Å². The highest BCUT2D eigenvalue weighted by atomic mass is 19.1. The highest BCUT2D eigenvalue weighted by Gasteiger charge is 2.11. The number of carbonyl (C=O) groups excluding carboxylic acids is 1. The number of benzene rings is 2. The summed E-state index contributed by atoms with van der Waals surface area (Å²) in [7, 11) is 0. The summed E-state index contributed by atoms with van der Waals surface area (Å²) in [5, 5.41) is 6.06. The van der Waals surface area contributed by atoms with Gasteiger partial charge < -0.3 is 20.4 Å². The van der Waals surface area contributed by atoms with Crippen molar-refractivity contribution in [1.29, 1.82) is 0 Å². The van der Waals surface area contributed by atoms with E-state index in [1.807, 2.05) is 19.1 Å². The van der Waals surface area contributed by atoms with Crippen molar-refractivity contribution in [2.24, 2.45) is 0 Å². The number of aryl methyl sites for hydroxylation is 1. The number of hydrogen-bond acceptors (Lipinski definition) is 3. The number of aromatic nitrogens is 1. The molecule has 7 heteroatoms. The Morgan fingerprint density at radius 3 is 2.66 bits per heavy atom. The van der Waals surface area contributed by atoms with E-state index in [1.54, 1.807) is 6.07 Å². The molecule has 0 atom stereocenters. The molecule has 0 saturated carbocycles. The van der Waals surface area contributed by atoms with Crippen molar-refractivity contribution >= 4 is 22.6 Å². The molecule has 1 aromatic heterocycles. The van der Waals surface area contributed by atoms with Crippen LogP contribution in [0.25, 0.3) is 10.9 Å². The van der Waals surface area contributed by atoms with Gasteiger partial charge in [0.05, 0.1) is 12.1 Å². The predicted molar refractivity (Wildman–Crippen MR) is 112 cm³/mol. The van der Waals surface area contributed by atoms with Crippen molar-refractivity contribution in [3.8, 4) is 5.75 Å². The van der Waals surface area contributed by atoms with Crippen molar-refractivity contribution in [3.05, 3.63) is 69.8 Å². The monoisotopic (exact) mass is 397 g/mol. The lowest BCUT2D eigenvalue weighted by atomic mass is 10.1. The molecule has 0 spiro atoms. The average molecular weight is 397 g/mol. The third-order valence-electron chi connectivity index (χ3n) is 4.53. The van der Waals surface area contributed by atoms with E-state index in [-0.39, 0.29) is 17.9 Å². The molecule has 6 nitrogen and oxygen atoms in total. The van der Waals surface area contributed by atoms with E-state index >= 15 is 0 Å². The smallest absolute Gasteiger partial charge is 0.319 e. The molecule has 1 heterocycles. The molecule has 152 valence electrons. The molecule has 0 aliphatic carbocycles. The summed E-state index contributed by atoms with van der Waals surface area (Å²) in [4.78, 5) is 27.4. The first-order chi connectivity index (χ1) is 14.0. The highest BCUT2D eigenvalue weighted by molar-refractivity contribution is 5.89. The van der Waals surface area contributed by atoms with Crippen LogP contribution in [0, 0.1) is 12.7 Å². The van der Waals surface area contributed by atoms with Gasteiger partial charge in [-0.3, -0.25) is 4.79 Å². The SMILES string of the molecule is CCCCOc1c(C)ccc2cc(CNC(=O)Nc3ccc(F)cc3)c(=O)[nH]c12. The Labute approximate surface area is 168 Å². The van der Waals surface area contributed by atoms with Gasteiger partial charge in [-0.05, 0) is 49.2 Å². The zero-order valence-corrected chi connectivity index (χ0v) is 16.5. The average Bonchev–Trinajstić information content (AvgIpc) is 2.70. The maximum Gasteiger partial charge on any atom is 0.319 e. The molecule has 0 aliphatic rings. The number of unbranched alkanes of at least 4 members (excludes halogenated alkanes) is 1. The van der Waals surface area contributed by atoms with E-state index in [4.69, 9.17) is 4.74 Å². The Bertz CT molecular complexity index is 1060. The first kappa shape index (κ1) is 20.4. The molecular formula is C22H24FN3O3. The molecule has 3 aromatic rings. The van der Waals surface area contributed by atoms with Crippen LogP contribution in [-0.2, 0) is 6.54 Å². The number of pyridine rings is 1. The summed E-state index contributed by atoms with van der Waals surface area (Å²) in [6.07, 6.45) is 1.96. The number of amides is 2. The largest absolute Gasteiger partial charge is 0.491 e. The fourth-order valence-corrected chi connectivity index (χ4v) is 2.92. The lowest BCUT2D eigenvalue weighted by Gasteiger charge is -2.13. The van der Waals surface area contributed by atoms with E-state index in [1.165, 1.54) is 24.3 Å². The summed E-state index contributed by atoms with van der Waals surface area (Å²) in [6.45, 7) is 4.67. The van der Waals surface area contributed by atoms with Crippen LogP contribution >= 0.6 is 0 Å². The van der Waals surface area contributed by atoms with Gasteiger partial charge in [0.15, 0.2) is 0 Å². The van der Waals surface area contributed by atoms with Gasteiger partial charge in [0.2, 0.25) is 0 Å². The number of aromatic amines is 1. The normalized spacial score (nSPS) is 10.7. The molecule has 2 amide bonds. The van der Waals surface area contributed by atoms with Crippen LogP contribution in [0.2, 0.25) is 0 Å². The Morgan fingerprint density at radius 2 is 1.93 bits per heavy atom. The summed E-state index contributed by atoms with van der Waals surface area (Å²) < 4.78 is 18.8. The van der Waals surface area contributed by atoms with Gasteiger partial charge in [-0.25, -0.2) is 9.18 Å². The Morgan fingerprint density at radius 1 is 1.17 bits per heavy atom. The number of rotatable bonds is 7. The van der Waals surface area contributed by atoms with Crippen LogP contribution < -0.4 is 20.9 Å². The lowest BCUT2D eigenvalue weighted by molar-refractivity contribution is 0.251. The Kier molecular flexibility index (Phi) is 6.49. The van der Waals surface area contributed by atoms with Crippen LogP contribution in [0.3, 0.4) is 0 Å². The number of anilines is 1. The second-order valence-electron chi connectivity index (χ2n) is 6.82. The molecule has 0 saturated heterocycles. The van der Waals surface area contributed by atoms with Gasteiger partial charge in [0.25, 0.3) is 5.56 Å². The molecule has 0 radical (unpaired) electrons. The van der Waals surface area contributed by atoms with E-state index in [2.05, 4.69) is 22.5 Å². The maximum absolute atomic E-state index is 12.9. The topological polar surface area (TPSA) is 83.2 Å². The summed E-state index contributed by atoms with van der Waals surface area (Å²) in [5.41, 5.74) is 2.21. The number of fused-ring (bicyclic) bond motifs is 1. The molecular weight excluding hydrogens is 373 g/mol. The Hall–Kier alpha value is -3.35. The van der Waals surface area contributed by atoms with Crippen LogP contribution in [0.4, 0.5) is 14.9 Å². The number of hydrogen-bond donors (Lipinski definition) is 3. The van der Waals surface area contributed by atoms with Crippen molar-refractivity contribution < 1.29 is 13.9 Å². The highest BCUT2D eigenvalue weighted by Crippen LogP contribution is 2.27. The third-order valence-corrected chi connectivity index (χ3v) is 4.53. The first-order valence-electron chi connectivity index (χ1n) is 9.56. The van der Waals surface area contributed by atoms with Gasteiger partial charge in [0.1, 0.15) is 11.6 Å². The molecule has 3 N–H and O–H groups in total. The minimum Gasteiger partial charge on any atom is -0.491 e. The standard InChI is InChI=1S/C22H24FN3O3/c1-3-4-11-29-20-14(2)5-6-15-12-16(21(27)26-19(15)20)13-24-22(28)25-18-9-7-17(23)8-10-18/h5-10,12H,3-4,11,13H2,1-2H3,(H,26,27)(H2,24,25,28).